The van der Waals surface area contributed by atoms with Crippen LogP contribution in [0.15, 0.2) is 0 Å². The normalized spacial score (nSPS) is 12.9. The standard InChI is InChI=1S/C12H26N4O3.3CH4O3S/c13-7-3-1-5-9(15)11(17)16-10(12(18)19)6-2-4-8-14;3*1-5(2,3)4/h9-10H,1-8,13-15H2,(H,16,17)(H,18,19);3*1H3,(H,2,3,4)/t9-,10-;;;/m0.../s1. The number of carbonyl (C=O) groups excluding carboxylic acids is 1. The quantitative estimate of drug-likeness (QED) is 0.0965. The second-order valence-corrected chi connectivity index (χ2v) is 11.2. The Bertz CT molecular complexity index is 766. The summed E-state index contributed by atoms with van der Waals surface area (Å²) in [5, 5.41) is 11.5. The number of unbranched alkanes of at least 4 members (excludes halogenated alkanes) is 2. The van der Waals surface area contributed by atoms with Gasteiger partial charge in [-0.1, -0.05) is 6.42 Å². The molecule has 208 valence electrons. The van der Waals surface area contributed by atoms with Crippen molar-refractivity contribution in [1.82, 2.24) is 5.32 Å². The number of hydrogen-bond acceptors (Lipinski definition) is 11. The van der Waals surface area contributed by atoms with Crippen LogP contribution in [0.2, 0.25) is 0 Å². The zero-order chi connectivity index (χ0) is 28.2. The van der Waals surface area contributed by atoms with E-state index in [1.165, 1.54) is 0 Å². The summed E-state index contributed by atoms with van der Waals surface area (Å²) in [6.45, 7) is 1.07. The van der Waals surface area contributed by atoms with Gasteiger partial charge in [0.1, 0.15) is 6.04 Å². The first-order valence-corrected chi connectivity index (χ1v) is 15.0. The van der Waals surface area contributed by atoms with Crippen molar-refractivity contribution < 1.29 is 53.6 Å². The molecule has 0 heterocycles. The molecule has 0 aromatic carbocycles. The summed E-state index contributed by atoms with van der Waals surface area (Å²) in [5.41, 5.74) is 16.4. The van der Waals surface area contributed by atoms with Crippen molar-refractivity contribution in [2.75, 3.05) is 31.9 Å². The van der Waals surface area contributed by atoms with E-state index in [1.807, 2.05) is 0 Å². The van der Waals surface area contributed by atoms with Crippen molar-refractivity contribution >= 4 is 42.2 Å². The number of amides is 1. The van der Waals surface area contributed by atoms with E-state index in [0.29, 0.717) is 51.1 Å². The molecule has 0 aromatic rings. The summed E-state index contributed by atoms with van der Waals surface area (Å²) in [7, 11) is -11.0. The fraction of sp³-hybridized carbons (Fsp3) is 0.867. The maximum Gasteiger partial charge on any atom is 0.326 e. The molecular weight excluding hydrogens is 524 g/mol. The van der Waals surface area contributed by atoms with E-state index in [1.54, 1.807) is 0 Å². The van der Waals surface area contributed by atoms with Crippen molar-refractivity contribution in [2.24, 2.45) is 17.2 Å². The summed E-state index contributed by atoms with van der Waals surface area (Å²) in [6, 6.07) is -1.57. The second kappa shape index (κ2) is 20.9. The minimum absolute atomic E-state index is 0.369. The molecule has 0 aliphatic heterocycles. The van der Waals surface area contributed by atoms with Gasteiger partial charge in [-0.25, -0.2) is 4.79 Å². The highest BCUT2D eigenvalue weighted by Gasteiger charge is 2.22. The van der Waals surface area contributed by atoms with Gasteiger partial charge in [-0.05, 0) is 45.2 Å². The number of rotatable bonds is 11. The summed E-state index contributed by atoms with van der Waals surface area (Å²) < 4.78 is 77.6. The average Bonchev–Trinajstić information content (AvgIpc) is 2.56. The van der Waals surface area contributed by atoms with Gasteiger partial charge < -0.3 is 27.6 Å². The number of carbonyl (C=O) groups is 2. The number of nitrogens with one attached hydrogen (secondary N) is 1. The van der Waals surface area contributed by atoms with Gasteiger partial charge in [-0.2, -0.15) is 25.3 Å². The third-order valence-corrected chi connectivity index (χ3v) is 2.87. The Labute approximate surface area is 200 Å². The largest absolute Gasteiger partial charge is 0.480 e. The highest BCUT2D eigenvalue weighted by Crippen LogP contribution is 2.03. The average molecular weight is 563 g/mol. The SMILES string of the molecule is CS(=O)(=O)O.CS(=O)(=O)O.CS(=O)(=O)O.NCCCC[C@H](NC(=O)[C@@H](N)CCCCN)C(=O)O. The van der Waals surface area contributed by atoms with E-state index in [0.717, 1.165) is 19.3 Å². The molecule has 0 saturated heterocycles. The minimum Gasteiger partial charge on any atom is -0.480 e. The van der Waals surface area contributed by atoms with Crippen molar-refractivity contribution in [3.05, 3.63) is 0 Å². The van der Waals surface area contributed by atoms with Gasteiger partial charge in [-0.3, -0.25) is 18.5 Å². The van der Waals surface area contributed by atoms with Crippen LogP contribution in [0.5, 0.6) is 0 Å². The van der Waals surface area contributed by atoms with Crippen LogP contribution in [0.4, 0.5) is 0 Å². The molecule has 2 atom stereocenters. The molecule has 0 aliphatic rings. The van der Waals surface area contributed by atoms with Crippen LogP contribution in [0.3, 0.4) is 0 Å². The molecule has 0 aliphatic carbocycles. The van der Waals surface area contributed by atoms with Gasteiger partial charge in [0.2, 0.25) is 5.91 Å². The molecule has 0 radical (unpaired) electrons. The number of nitrogens with two attached hydrogens (primary N) is 3. The van der Waals surface area contributed by atoms with Crippen LogP contribution in [0.1, 0.15) is 38.5 Å². The lowest BCUT2D eigenvalue weighted by Crippen LogP contribution is -2.48. The number of hydrogen-bond donors (Lipinski definition) is 8. The second-order valence-electron chi connectivity index (χ2n) is 6.77. The number of carboxylic acid groups (broad SMARTS) is 1. The van der Waals surface area contributed by atoms with E-state index >= 15 is 0 Å². The molecule has 16 nitrogen and oxygen atoms in total. The van der Waals surface area contributed by atoms with Gasteiger partial charge in [-0.15, -0.1) is 0 Å². The highest BCUT2D eigenvalue weighted by molar-refractivity contribution is 7.85. The third-order valence-electron chi connectivity index (χ3n) is 2.87. The molecule has 0 bridgehead atoms. The maximum atomic E-state index is 11.7. The van der Waals surface area contributed by atoms with Crippen molar-refractivity contribution in [2.45, 2.75) is 50.6 Å². The van der Waals surface area contributed by atoms with E-state index in [9.17, 15) is 34.8 Å². The lowest BCUT2D eigenvalue weighted by atomic mass is 10.1. The molecule has 0 fully saturated rings. The van der Waals surface area contributed by atoms with Crippen LogP contribution in [0.25, 0.3) is 0 Å². The van der Waals surface area contributed by atoms with E-state index < -0.39 is 54.3 Å². The molecule has 0 unspecified atom stereocenters. The zero-order valence-electron chi connectivity index (χ0n) is 19.3. The molecule has 11 N–H and O–H groups in total. The predicted molar refractivity (Wildman–Crippen MR) is 126 cm³/mol. The molecule has 19 heteroatoms. The predicted octanol–water partition coefficient (Wildman–Crippen LogP) is -2.35. The van der Waals surface area contributed by atoms with Crippen LogP contribution in [-0.4, -0.2) is 99.8 Å². The Morgan fingerprint density at radius 2 is 1.03 bits per heavy atom. The van der Waals surface area contributed by atoms with Crippen LogP contribution in [-0.2, 0) is 39.9 Å². The first-order chi connectivity index (χ1) is 15.0. The summed E-state index contributed by atoms with van der Waals surface area (Å²) in [5.74, 6) is -1.46. The molecule has 0 saturated carbocycles. The smallest absolute Gasteiger partial charge is 0.326 e. The first-order valence-electron chi connectivity index (χ1n) is 9.49. The maximum absolute atomic E-state index is 11.7. The Morgan fingerprint density at radius 3 is 1.29 bits per heavy atom. The number of aliphatic carboxylic acids is 1. The molecule has 0 aromatic heterocycles. The van der Waals surface area contributed by atoms with Gasteiger partial charge in [0, 0.05) is 0 Å². The zero-order valence-corrected chi connectivity index (χ0v) is 21.8. The van der Waals surface area contributed by atoms with Crippen molar-refractivity contribution in [1.29, 1.82) is 0 Å². The first kappa shape index (κ1) is 39.8. The minimum atomic E-state index is -3.67. The van der Waals surface area contributed by atoms with Gasteiger partial charge in [0.15, 0.2) is 0 Å². The highest BCUT2D eigenvalue weighted by atomic mass is 32.2. The van der Waals surface area contributed by atoms with Crippen molar-refractivity contribution in [3.8, 4) is 0 Å². The van der Waals surface area contributed by atoms with Crippen LogP contribution in [0, 0.1) is 0 Å². The van der Waals surface area contributed by atoms with E-state index in [2.05, 4.69) is 5.32 Å². The van der Waals surface area contributed by atoms with Gasteiger partial charge in [0.05, 0.1) is 24.8 Å². The molecule has 0 rings (SSSR count). The molecule has 34 heavy (non-hydrogen) atoms. The molecule has 1 amide bonds. The Balaban J connectivity index is -0.000000242. The number of carboxylic acids is 1. The van der Waals surface area contributed by atoms with E-state index in [4.69, 9.17) is 36.0 Å². The fourth-order valence-corrected chi connectivity index (χ4v) is 1.67. The third kappa shape index (κ3) is 63.2. The van der Waals surface area contributed by atoms with Crippen LogP contribution < -0.4 is 22.5 Å². The topological polar surface area (TPSA) is 308 Å². The summed E-state index contributed by atoms with van der Waals surface area (Å²) in [4.78, 5) is 22.7. The molecular formula is C15H38N4O12S3. The molecule has 0 spiro atoms. The Morgan fingerprint density at radius 1 is 0.735 bits per heavy atom. The lowest BCUT2D eigenvalue weighted by molar-refractivity contribution is -0.142. The van der Waals surface area contributed by atoms with E-state index in [-0.39, 0.29) is 0 Å². The van der Waals surface area contributed by atoms with Crippen LogP contribution >= 0.6 is 0 Å². The summed E-state index contributed by atoms with van der Waals surface area (Å²) >= 11 is 0. The monoisotopic (exact) mass is 562 g/mol. The van der Waals surface area contributed by atoms with Crippen molar-refractivity contribution in [3.63, 3.8) is 0 Å². The Hall–Kier alpha value is -1.45. The van der Waals surface area contributed by atoms with Gasteiger partial charge in [0.25, 0.3) is 30.4 Å². The fourth-order valence-electron chi connectivity index (χ4n) is 1.67. The Kier molecular flexibility index (Phi) is 24.4. The lowest BCUT2D eigenvalue weighted by Gasteiger charge is -2.17. The van der Waals surface area contributed by atoms with Gasteiger partial charge >= 0.3 is 5.97 Å². The summed E-state index contributed by atoms with van der Waals surface area (Å²) in [6.07, 6.45) is 5.99.